The molecule has 138 valence electrons. The number of carbonyl (C=O) groups excluding carboxylic acids is 2. The van der Waals surface area contributed by atoms with Crippen molar-refractivity contribution < 1.29 is 19.1 Å². The highest BCUT2D eigenvalue weighted by atomic mass is 16.6. The lowest BCUT2D eigenvalue weighted by molar-refractivity contribution is -0.150. The van der Waals surface area contributed by atoms with Crippen LogP contribution in [0.2, 0.25) is 0 Å². The van der Waals surface area contributed by atoms with Crippen LogP contribution in [0.5, 0.6) is 5.75 Å². The minimum absolute atomic E-state index is 0.217. The fourth-order valence-corrected chi connectivity index (χ4v) is 2.40. The van der Waals surface area contributed by atoms with Crippen molar-refractivity contribution in [1.29, 1.82) is 0 Å². The van der Waals surface area contributed by atoms with Gasteiger partial charge in [0.25, 0.3) is 5.91 Å². The van der Waals surface area contributed by atoms with Crippen LogP contribution in [0, 0.1) is 13.8 Å². The van der Waals surface area contributed by atoms with Gasteiger partial charge in [-0.3, -0.25) is 4.79 Å². The average molecular weight is 355 g/mol. The molecule has 2 rings (SSSR count). The van der Waals surface area contributed by atoms with Gasteiger partial charge in [0.1, 0.15) is 5.75 Å². The number of carbonyl (C=O) groups is 2. The van der Waals surface area contributed by atoms with Gasteiger partial charge in [-0.2, -0.15) is 0 Å². The predicted molar refractivity (Wildman–Crippen MR) is 100 cm³/mol. The van der Waals surface area contributed by atoms with E-state index >= 15 is 0 Å². The van der Waals surface area contributed by atoms with E-state index in [1.165, 1.54) is 5.56 Å². The number of nitrogens with one attached hydrogen (secondary N) is 1. The molecule has 0 aliphatic carbocycles. The fraction of sp³-hybridized carbons (Fsp3) is 0.333. The third kappa shape index (κ3) is 6.97. The standard InChI is InChI=1S/C21H25NO4/c1-16-10-11-17(2)19(13-16)25-15-21(24)26-14-20(23)22-12-6-9-18-7-4-3-5-8-18/h3-5,7-8,10-11,13H,6,9,12,14-15H2,1-2H3,(H,22,23). The van der Waals surface area contributed by atoms with Crippen LogP contribution in [-0.2, 0) is 20.7 Å². The van der Waals surface area contributed by atoms with E-state index in [1.807, 2.05) is 50.2 Å². The summed E-state index contributed by atoms with van der Waals surface area (Å²) in [7, 11) is 0. The van der Waals surface area contributed by atoms with Gasteiger partial charge in [-0.1, -0.05) is 42.5 Å². The molecule has 2 aromatic carbocycles. The summed E-state index contributed by atoms with van der Waals surface area (Å²) < 4.78 is 10.4. The van der Waals surface area contributed by atoms with E-state index in [0.717, 1.165) is 24.0 Å². The van der Waals surface area contributed by atoms with Crippen molar-refractivity contribution >= 4 is 11.9 Å². The molecule has 0 fully saturated rings. The summed E-state index contributed by atoms with van der Waals surface area (Å²) in [4.78, 5) is 23.4. The molecule has 1 N–H and O–H groups in total. The predicted octanol–water partition coefficient (Wildman–Crippen LogP) is 2.97. The van der Waals surface area contributed by atoms with Gasteiger partial charge in [-0.15, -0.1) is 0 Å². The minimum atomic E-state index is -0.564. The van der Waals surface area contributed by atoms with Crippen LogP contribution in [0.4, 0.5) is 0 Å². The van der Waals surface area contributed by atoms with E-state index in [9.17, 15) is 9.59 Å². The molecule has 0 atom stereocenters. The van der Waals surface area contributed by atoms with Gasteiger partial charge >= 0.3 is 5.97 Å². The highest BCUT2D eigenvalue weighted by Crippen LogP contribution is 2.18. The second kappa shape index (κ2) is 10.2. The van der Waals surface area contributed by atoms with Gasteiger partial charge in [0.15, 0.2) is 13.2 Å². The molecule has 1 amide bonds. The van der Waals surface area contributed by atoms with Gasteiger partial charge in [-0.25, -0.2) is 4.79 Å². The van der Waals surface area contributed by atoms with Crippen molar-refractivity contribution in [1.82, 2.24) is 5.32 Å². The zero-order valence-corrected chi connectivity index (χ0v) is 15.3. The molecule has 0 saturated carbocycles. The third-order valence-electron chi connectivity index (χ3n) is 3.86. The van der Waals surface area contributed by atoms with Crippen LogP contribution in [0.3, 0.4) is 0 Å². The summed E-state index contributed by atoms with van der Waals surface area (Å²) in [6.45, 7) is 3.89. The molecule has 26 heavy (non-hydrogen) atoms. The molecule has 0 heterocycles. The number of aryl methyl sites for hydroxylation is 3. The number of amides is 1. The molecule has 0 aliphatic rings. The highest BCUT2D eigenvalue weighted by molar-refractivity contribution is 5.80. The van der Waals surface area contributed by atoms with E-state index in [2.05, 4.69) is 17.4 Å². The van der Waals surface area contributed by atoms with Crippen molar-refractivity contribution in [3.05, 3.63) is 65.2 Å². The zero-order chi connectivity index (χ0) is 18.8. The summed E-state index contributed by atoms with van der Waals surface area (Å²) in [5, 5.41) is 2.74. The van der Waals surface area contributed by atoms with E-state index in [-0.39, 0.29) is 19.1 Å². The lowest BCUT2D eigenvalue weighted by Gasteiger charge is -2.10. The normalized spacial score (nSPS) is 10.2. The van der Waals surface area contributed by atoms with Gasteiger partial charge < -0.3 is 14.8 Å². The molecular formula is C21H25NO4. The second-order valence-electron chi connectivity index (χ2n) is 6.16. The van der Waals surface area contributed by atoms with E-state index in [0.29, 0.717) is 12.3 Å². The molecule has 2 aromatic rings. The van der Waals surface area contributed by atoms with Gasteiger partial charge in [0.05, 0.1) is 0 Å². The zero-order valence-electron chi connectivity index (χ0n) is 15.3. The summed E-state index contributed by atoms with van der Waals surface area (Å²) in [5.74, 6) is -0.226. The van der Waals surface area contributed by atoms with Crippen molar-refractivity contribution in [3.8, 4) is 5.75 Å². The Hall–Kier alpha value is -2.82. The Morgan fingerprint density at radius 3 is 2.54 bits per heavy atom. The maximum atomic E-state index is 11.7. The molecular weight excluding hydrogens is 330 g/mol. The van der Waals surface area contributed by atoms with E-state index in [1.54, 1.807) is 0 Å². The smallest absolute Gasteiger partial charge is 0.344 e. The summed E-state index contributed by atoms with van der Waals surface area (Å²) in [6, 6.07) is 15.8. The molecule has 0 radical (unpaired) electrons. The number of benzene rings is 2. The van der Waals surface area contributed by atoms with Crippen LogP contribution in [0.1, 0.15) is 23.1 Å². The fourth-order valence-electron chi connectivity index (χ4n) is 2.40. The maximum Gasteiger partial charge on any atom is 0.344 e. The number of hydrogen-bond acceptors (Lipinski definition) is 4. The lowest BCUT2D eigenvalue weighted by Crippen LogP contribution is -2.30. The monoisotopic (exact) mass is 355 g/mol. The number of ether oxygens (including phenoxy) is 2. The Bertz CT molecular complexity index is 728. The summed E-state index contributed by atoms with van der Waals surface area (Å²) >= 11 is 0. The Morgan fingerprint density at radius 1 is 1.00 bits per heavy atom. The first kappa shape index (κ1) is 19.5. The molecule has 0 aromatic heterocycles. The van der Waals surface area contributed by atoms with Crippen molar-refractivity contribution in [2.45, 2.75) is 26.7 Å². The summed E-state index contributed by atoms with van der Waals surface area (Å²) in [5.41, 5.74) is 3.23. The third-order valence-corrected chi connectivity index (χ3v) is 3.86. The molecule has 5 heteroatoms. The van der Waals surface area contributed by atoms with Gasteiger partial charge in [0.2, 0.25) is 0 Å². The first-order valence-electron chi connectivity index (χ1n) is 8.71. The van der Waals surface area contributed by atoms with Crippen LogP contribution in [0.25, 0.3) is 0 Å². The largest absolute Gasteiger partial charge is 0.482 e. The first-order valence-corrected chi connectivity index (χ1v) is 8.71. The Kier molecular flexibility index (Phi) is 7.68. The van der Waals surface area contributed by atoms with Crippen LogP contribution in [-0.4, -0.2) is 31.6 Å². The lowest BCUT2D eigenvalue weighted by atomic mass is 10.1. The van der Waals surface area contributed by atoms with Crippen LogP contribution < -0.4 is 10.1 Å². The maximum absolute atomic E-state index is 11.7. The van der Waals surface area contributed by atoms with Crippen molar-refractivity contribution in [2.24, 2.45) is 0 Å². The molecule has 0 bridgehead atoms. The topological polar surface area (TPSA) is 64.6 Å². The second-order valence-corrected chi connectivity index (χ2v) is 6.16. The molecule has 5 nitrogen and oxygen atoms in total. The highest BCUT2D eigenvalue weighted by Gasteiger charge is 2.09. The number of esters is 1. The summed E-state index contributed by atoms with van der Waals surface area (Å²) in [6.07, 6.45) is 1.73. The Balaban J connectivity index is 1.59. The quantitative estimate of drug-likeness (QED) is 0.555. The van der Waals surface area contributed by atoms with Gasteiger partial charge in [-0.05, 0) is 49.4 Å². The number of rotatable bonds is 9. The van der Waals surface area contributed by atoms with Crippen LogP contribution in [0.15, 0.2) is 48.5 Å². The molecule has 0 unspecified atom stereocenters. The van der Waals surface area contributed by atoms with Gasteiger partial charge in [0, 0.05) is 6.54 Å². The van der Waals surface area contributed by atoms with E-state index < -0.39 is 5.97 Å². The van der Waals surface area contributed by atoms with Crippen LogP contribution >= 0.6 is 0 Å². The molecule has 0 aliphatic heterocycles. The van der Waals surface area contributed by atoms with Crippen molar-refractivity contribution in [3.63, 3.8) is 0 Å². The van der Waals surface area contributed by atoms with E-state index in [4.69, 9.17) is 9.47 Å². The molecule has 0 spiro atoms. The molecule has 0 saturated heterocycles. The Labute approximate surface area is 154 Å². The Morgan fingerprint density at radius 2 is 1.77 bits per heavy atom. The minimum Gasteiger partial charge on any atom is -0.482 e. The van der Waals surface area contributed by atoms with Crippen molar-refractivity contribution in [2.75, 3.05) is 19.8 Å². The first-order chi connectivity index (χ1) is 12.5. The SMILES string of the molecule is Cc1ccc(C)c(OCC(=O)OCC(=O)NCCCc2ccccc2)c1. The average Bonchev–Trinajstić information content (AvgIpc) is 2.65. The number of hydrogen-bond donors (Lipinski definition) is 1.